The van der Waals surface area contributed by atoms with Crippen LogP contribution >= 0.6 is 0 Å². The summed E-state index contributed by atoms with van der Waals surface area (Å²) in [7, 11) is 0. The number of carbonyl (C=O) groups is 2. The highest BCUT2D eigenvalue weighted by atomic mass is 19.4. The Bertz CT molecular complexity index is 1850. The summed E-state index contributed by atoms with van der Waals surface area (Å²) in [6, 6.07) is 3.76. The van der Waals surface area contributed by atoms with Crippen molar-refractivity contribution in [3.63, 3.8) is 0 Å². The minimum absolute atomic E-state index is 0.0152. The summed E-state index contributed by atoms with van der Waals surface area (Å²) in [4.78, 5) is 42.3. The number of ether oxygens (including phenoxy) is 1. The Morgan fingerprint density at radius 2 is 1.65 bits per heavy atom. The fraction of sp³-hybridized carbons (Fsp3) is 0.452. The number of carbonyl (C=O) groups excluding carboxylic acids is 2. The van der Waals surface area contributed by atoms with Gasteiger partial charge in [-0.15, -0.1) is 13.2 Å². The first-order valence-corrected chi connectivity index (χ1v) is 18.4. The van der Waals surface area contributed by atoms with Crippen molar-refractivity contribution in [2.75, 3.05) is 26.2 Å². The first-order chi connectivity index (χ1) is 25.6. The molecule has 0 saturated heterocycles. The van der Waals surface area contributed by atoms with E-state index in [0.717, 1.165) is 30.0 Å². The number of allylic oxidation sites excluding steroid dienone is 2. The molecule has 0 unspecified atom stereocenters. The molecule has 0 saturated carbocycles. The number of likely N-dealkylation sites (N-methyl/N-ethyl adjacent to an activating group) is 1. The van der Waals surface area contributed by atoms with E-state index in [-0.39, 0.29) is 42.7 Å². The molecule has 2 aromatic carbocycles. The summed E-state index contributed by atoms with van der Waals surface area (Å²) in [5.41, 5.74) is 0.402. The lowest BCUT2D eigenvalue weighted by atomic mass is 9.88. The van der Waals surface area contributed by atoms with Gasteiger partial charge in [-0.2, -0.15) is 13.2 Å². The van der Waals surface area contributed by atoms with Crippen LogP contribution in [0.5, 0.6) is 0 Å². The van der Waals surface area contributed by atoms with E-state index in [1.807, 2.05) is 24.8 Å². The smallest absolute Gasteiger partial charge is 0.416 e. The Kier molecular flexibility index (Phi) is 16.4. The SMILES string of the molecule is C=CCCCCc1cc(F)cc(C)c1-c1cc(C)c(F)c([C@H](CC(=O)OCC)NC(=O)[C@H](CC=C)n2cc(CCN(CC)CC)c(C(F)(F)F)cc2=O)c1. The van der Waals surface area contributed by atoms with Crippen LogP contribution in [-0.4, -0.2) is 47.6 Å². The normalized spacial score (nSPS) is 12.7. The van der Waals surface area contributed by atoms with Crippen LogP contribution in [0.4, 0.5) is 22.0 Å². The summed E-state index contributed by atoms with van der Waals surface area (Å²) < 4.78 is 79.3. The molecule has 0 aliphatic carbocycles. The molecule has 7 nitrogen and oxygen atoms in total. The lowest BCUT2D eigenvalue weighted by Gasteiger charge is -2.26. The predicted octanol–water partition coefficient (Wildman–Crippen LogP) is 9.14. The highest BCUT2D eigenvalue weighted by molar-refractivity contribution is 5.82. The molecule has 12 heteroatoms. The highest BCUT2D eigenvalue weighted by Gasteiger charge is 2.36. The third kappa shape index (κ3) is 11.5. The van der Waals surface area contributed by atoms with Crippen molar-refractivity contribution in [2.24, 2.45) is 0 Å². The van der Waals surface area contributed by atoms with Gasteiger partial charge in [0.25, 0.3) is 5.56 Å². The predicted molar refractivity (Wildman–Crippen MR) is 202 cm³/mol. The second kappa shape index (κ2) is 20.2. The van der Waals surface area contributed by atoms with E-state index in [1.165, 1.54) is 31.2 Å². The molecule has 0 radical (unpaired) electrons. The standard InChI is InChI=1S/C42H52F5N3O4/c1-8-13-14-15-17-29-22-32(43)21-27(6)39(29)31-20-28(7)40(44)33(23-31)35(25-38(52)54-12-5)48-41(53)36(16-9-2)50-26-30(18-19-49(10-3)11-4)34(24-37(50)51)42(45,46)47/h8-9,20-24,26,35-36H,1-2,10-19,25H2,3-7H3,(H,48,53)/t35-,36-/m0/s1. The number of alkyl halides is 3. The van der Waals surface area contributed by atoms with Crippen LogP contribution < -0.4 is 10.9 Å². The summed E-state index contributed by atoms with van der Waals surface area (Å²) in [5.74, 6) is -2.70. The van der Waals surface area contributed by atoms with E-state index in [2.05, 4.69) is 18.5 Å². The number of aromatic nitrogens is 1. The first-order valence-electron chi connectivity index (χ1n) is 18.4. The molecule has 1 amide bonds. The van der Waals surface area contributed by atoms with Crippen molar-refractivity contribution < 1.29 is 36.3 Å². The van der Waals surface area contributed by atoms with Crippen molar-refractivity contribution >= 4 is 11.9 Å². The molecule has 3 rings (SSSR count). The van der Waals surface area contributed by atoms with Gasteiger partial charge >= 0.3 is 12.1 Å². The number of rotatable bonds is 20. The number of halogens is 5. The number of amides is 1. The molecule has 1 heterocycles. The van der Waals surface area contributed by atoms with E-state index in [1.54, 1.807) is 19.9 Å². The van der Waals surface area contributed by atoms with Crippen molar-refractivity contribution in [2.45, 2.75) is 97.8 Å². The number of hydrogen-bond donors (Lipinski definition) is 1. The van der Waals surface area contributed by atoms with Gasteiger partial charge < -0.3 is 19.5 Å². The zero-order valence-electron chi connectivity index (χ0n) is 31.9. The third-order valence-corrected chi connectivity index (χ3v) is 9.51. The van der Waals surface area contributed by atoms with Crippen molar-refractivity contribution in [1.82, 2.24) is 14.8 Å². The molecule has 0 aliphatic heterocycles. The van der Waals surface area contributed by atoms with Crippen molar-refractivity contribution in [3.8, 4) is 11.1 Å². The molecule has 0 spiro atoms. The quantitative estimate of drug-likeness (QED) is 0.0539. The lowest BCUT2D eigenvalue weighted by molar-refractivity contribution is -0.144. The summed E-state index contributed by atoms with van der Waals surface area (Å²) in [5, 5.41) is 2.71. The number of unbranched alkanes of at least 4 members (excludes halogenated alkanes) is 2. The minimum atomic E-state index is -4.81. The van der Waals surface area contributed by atoms with Gasteiger partial charge in [-0.05, 0) is 130 Å². The third-order valence-electron chi connectivity index (χ3n) is 9.51. The van der Waals surface area contributed by atoms with Crippen LogP contribution in [0.3, 0.4) is 0 Å². The fourth-order valence-corrected chi connectivity index (χ4v) is 6.74. The molecule has 54 heavy (non-hydrogen) atoms. The minimum Gasteiger partial charge on any atom is -0.466 e. The van der Waals surface area contributed by atoms with Crippen LogP contribution in [-0.2, 0) is 33.3 Å². The van der Waals surface area contributed by atoms with Gasteiger partial charge in [0, 0.05) is 24.4 Å². The van der Waals surface area contributed by atoms with E-state index in [4.69, 9.17) is 4.74 Å². The number of nitrogens with one attached hydrogen (secondary N) is 1. The van der Waals surface area contributed by atoms with Crippen LogP contribution in [0, 0.1) is 25.5 Å². The Hall–Kier alpha value is -4.58. The second-order valence-electron chi connectivity index (χ2n) is 13.3. The van der Waals surface area contributed by atoms with Gasteiger partial charge in [0.2, 0.25) is 5.91 Å². The number of hydrogen-bond acceptors (Lipinski definition) is 5. The maximum Gasteiger partial charge on any atom is 0.416 e. The molecular formula is C42H52F5N3O4. The molecule has 3 aromatic rings. The van der Waals surface area contributed by atoms with Gasteiger partial charge in [-0.3, -0.25) is 14.4 Å². The van der Waals surface area contributed by atoms with E-state index < -0.39 is 59.3 Å². The van der Waals surface area contributed by atoms with Crippen LogP contribution in [0.1, 0.15) is 98.3 Å². The first kappa shape index (κ1) is 43.8. The zero-order valence-corrected chi connectivity index (χ0v) is 31.9. The molecule has 0 fully saturated rings. The molecule has 0 aliphatic rings. The summed E-state index contributed by atoms with van der Waals surface area (Å²) in [6.07, 6.45) is 1.63. The highest BCUT2D eigenvalue weighted by Crippen LogP contribution is 2.36. The molecule has 294 valence electrons. The monoisotopic (exact) mass is 757 g/mol. The number of esters is 1. The van der Waals surface area contributed by atoms with Crippen molar-refractivity contribution in [3.05, 3.63) is 117 Å². The van der Waals surface area contributed by atoms with Crippen molar-refractivity contribution in [1.29, 1.82) is 0 Å². The maximum absolute atomic E-state index is 16.2. The Labute approximate surface area is 314 Å². The van der Waals surface area contributed by atoms with E-state index in [9.17, 15) is 31.9 Å². The van der Waals surface area contributed by atoms with Crippen LogP contribution in [0.15, 0.2) is 66.6 Å². The average molecular weight is 758 g/mol. The summed E-state index contributed by atoms with van der Waals surface area (Å²) in [6.45, 7) is 17.6. The molecule has 1 N–H and O–H groups in total. The van der Waals surface area contributed by atoms with E-state index in [0.29, 0.717) is 47.8 Å². The lowest BCUT2D eigenvalue weighted by Crippen LogP contribution is -2.40. The van der Waals surface area contributed by atoms with Gasteiger partial charge in [0.05, 0.1) is 24.6 Å². The van der Waals surface area contributed by atoms with Gasteiger partial charge in [0.15, 0.2) is 0 Å². The number of aryl methyl sites for hydroxylation is 3. The number of benzene rings is 2. The largest absolute Gasteiger partial charge is 0.466 e. The zero-order chi connectivity index (χ0) is 40.2. The van der Waals surface area contributed by atoms with Gasteiger partial charge in [-0.1, -0.05) is 26.0 Å². The fourth-order valence-electron chi connectivity index (χ4n) is 6.74. The second-order valence-corrected chi connectivity index (χ2v) is 13.3. The molecular weight excluding hydrogens is 705 g/mol. The molecule has 2 atom stereocenters. The van der Waals surface area contributed by atoms with E-state index >= 15 is 4.39 Å². The number of nitrogens with zero attached hydrogens (tertiary/aromatic N) is 2. The van der Waals surface area contributed by atoms with Gasteiger partial charge in [0.1, 0.15) is 17.7 Å². The molecule has 0 bridgehead atoms. The van der Waals surface area contributed by atoms with Crippen LogP contribution in [0.25, 0.3) is 11.1 Å². The maximum atomic E-state index is 16.2. The number of pyridine rings is 1. The molecule has 1 aromatic heterocycles. The van der Waals surface area contributed by atoms with Crippen LogP contribution in [0.2, 0.25) is 0 Å². The Morgan fingerprint density at radius 1 is 0.944 bits per heavy atom. The topological polar surface area (TPSA) is 80.6 Å². The average Bonchev–Trinajstić information content (AvgIpc) is 3.10. The Morgan fingerprint density at radius 3 is 2.26 bits per heavy atom. The van der Waals surface area contributed by atoms with Gasteiger partial charge in [-0.25, -0.2) is 8.78 Å². The Balaban J connectivity index is 2.16. The summed E-state index contributed by atoms with van der Waals surface area (Å²) >= 11 is 0.